The topological polar surface area (TPSA) is 149 Å². The number of carbonyl (C=O) groups is 2. The predicted molar refractivity (Wildman–Crippen MR) is 154 cm³/mol. The van der Waals surface area contributed by atoms with E-state index in [4.69, 9.17) is 18.5 Å². The van der Waals surface area contributed by atoms with Crippen molar-refractivity contribution in [2.45, 2.75) is 96.7 Å². The summed E-state index contributed by atoms with van der Waals surface area (Å²) in [5.41, 5.74) is 0. The van der Waals surface area contributed by atoms with Crippen LogP contribution in [0.4, 0.5) is 0 Å². The highest BCUT2D eigenvalue weighted by Crippen LogP contribution is 2.43. The summed E-state index contributed by atoms with van der Waals surface area (Å²) in [6.45, 7) is 1.68. The van der Waals surface area contributed by atoms with Crippen molar-refractivity contribution in [1.82, 2.24) is 0 Å². The highest BCUT2D eigenvalue weighted by molar-refractivity contribution is 7.47. The van der Waals surface area contributed by atoms with Crippen LogP contribution in [0.2, 0.25) is 0 Å². The van der Waals surface area contributed by atoms with E-state index in [1.165, 1.54) is 0 Å². The third-order valence-electron chi connectivity index (χ3n) is 5.31. The Bertz CT molecular complexity index is 822. The fourth-order valence-electron chi connectivity index (χ4n) is 3.08. The fourth-order valence-corrected chi connectivity index (χ4v) is 3.86. The van der Waals surface area contributed by atoms with Gasteiger partial charge in [0.15, 0.2) is 0 Å². The Labute approximate surface area is 239 Å². The first-order valence-corrected chi connectivity index (χ1v) is 15.6. The second-order valence-corrected chi connectivity index (χ2v) is 10.5. The van der Waals surface area contributed by atoms with Gasteiger partial charge in [-0.3, -0.25) is 18.6 Å². The molecule has 0 saturated carbocycles. The predicted octanol–water partition coefficient (Wildman–Crippen LogP) is 5.48. The van der Waals surface area contributed by atoms with E-state index in [-0.39, 0.29) is 12.8 Å². The number of allylic oxidation sites excluding steroid dienone is 8. The quantitative estimate of drug-likeness (QED) is 0.0541. The van der Waals surface area contributed by atoms with E-state index in [0.717, 1.165) is 44.9 Å². The molecule has 10 nitrogen and oxygen atoms in total. The molecular weight excluding hydrogens is 539 g/mol. The van der Waals surface area contributed by atoms with Gasteiger partial charge in [0.25, 0.3) is 0 Å². The zero-order valence-electron chi connectivity index (χ0n) is 24.0. The minimum absolute atomic E-state index is 0.138. The Hall–Kier alpha value is -2.07. The number of phosphoric ester groups is 1. The van der Waals surface area contributed by atoms with Crippen LogP contribution < -0.4 is 0 Å². The molecule has 0 aliphatic heterocycles. The maximum Gasteiger partial charge on any atom is 0.472 e. The first-order valence-electron chi connectivity index (χ1n) is 14.1. The Morgan fingerprint density at radius 1 is 0.700 bits per heavy atom. The van der Waals surface area contributed by atoms with Crippen LogP contribution in [0, 0.1) is 0 Å². The van der Waals surface area contributed by atoms with Crippen LogP contribution in [-0.4, -0.2) is 65.7 Å². The van der Waals surface area contributed by atoms with Gasteiger partial charge >= 0.3 is 19.8 Å². The van der Waals surface area contributed by atoms with Crippen molar-refractivity contribution < 1.29 is 47.8 Å². The first kappa shape index (κ1) is 37.9. The molecule has 0 fully saturated rings. The summed E-state index contributed by atoms with van der Waals surface area (Å²) in [6.07, 6.45) is 22.4. The molecule has 0 aromatic rings. The normalized spacial score (nSPS) is 15.2. The van der Waals surface area contributed by atoms with Gasteiger partial charge in [0.05, 0.1) is 26.4 Å². The van der Waals surface area contributed by atoms with Gasteiger partial charge < -0.3 is 24.6 Å². The summed E-state index contributed by atoms with van der Waals surface area (Å²) in [5.74, 6) is -1.11. The van der Waals surface area contributed by atoms with Crippen LogP contribution in [0.25, 0.3) is 0 Å². The van der Waals surface area contributed by atoms with Crippen LogP contribution in [0.5, 0.6) is 0 Å². The molecule has 0 radical (unpaired) electrons. The molecule has 0 aliphatic rings. The standard InChI is InChI=1S/C29H49O10P/c1-3-5-7-8-9-10-11-12-13-14-15-16-17-18-19-21-29(33)39-27(23-31)25-37-40(34,35)36-24-26(22-30)38-28(32)20-6-4-2/h5,7,9-10,12-13,15-16,26-27,30-31H,3-4,6,8,11,14,17-25H2,1-2H3,(H,34,35)/b7-5-,10-9-,13-12-,16-15-. The van der Waals surface area contributed by atoms with Crippen LogP contribution >= 0.6 is 7.82 Å². The van der Waals surface area contributed by atoms with Gasteiger partial charge in [-0.15, -0.1) is 0 Å². The molecule has 0 aliphatic carbocycles. The van der Waals surface area contributed by atoms with E-state index in [2.05, 4.69) is 55.5 Å². The number of phosphoric acid groups is 1. The van der Waals surface area contributed by atoms with Gasteiger partial charge in [0.2, 0.25) is 0 Å². The molecule has 11 heteroatoms. The zero-order chi connectivity index (χ0) is 29.9. The SMILES string of the molecule is CC/C=C\C/C=C\C/C=C\C/C=C\CCCCC(=O)OC(CO)COP(=O)(O)OCC(CO)OC(=O)CCCC. The summed E-state index contributed by atoms with van der Waals surface area (Å²) in [5, 5.41) is 18.7. The molecule has 0 amide bonds. The molecule has 0 aromatic heterocycles. The second-order valence-electron chi connectivity index (χ2n) is 9.00. The maximum atomic E-state index is 12.1. The van der Waals surface area contributed by atoms with Gasteiger partial charge in [-0.25, -0.2) is 4.57 Å². The van der Waals surface area contributed by atoms with Crippen LogP contribution in [0.3, 0.4) is 0 Å². The highest BCUT2D eigenvalue weighted by Gasteiger charge is 2.27. The third kappa shape index (κ3) is 23.8. The lowest BCUT2D eigenvalue weighted by molar-refractivity contribution is -0.153. The molecule has 0 aromatic carbocycles. The Balaban J connectivity index is 4.10. The molecule has 3 unspecified atom stereocenters. The van der Waals surface area contributed by atoms with Crippen molar-refractivity contribution in [3.63, 3.8) is 0 Å². The monoisotopic (exact) mass is 588 g/mol. The van der Waals surface area contributed by atoms with Crippen molar-refractivity contribution in [2.24, 2.45) is 0 Å². The van der Waals surface area contributed by atoms with Gasteiger partial charge in [-0.1, -0.05) is 68.9 Å². The molecule has 0 rings (SSSR count). The van der Waals surface area contributed by atoms with E-state index in [1.807, 2.05) is 6.92 Å². The maximum absolute atomic E-state index is 12.1. The summed E-state index contributed by atoms with van der Waals surface area (Å²) in [6, 6.07) is 0. The molecule has 0 spiro atoms. The van der Waals surface area contributed by atoms with E-state index >= 15 is 0 Å². The second kappa shape index (κ2) is 25.9. The number of unbranched alkanes of at least 4 members (excludes halogenated alkanes) is 3. The van der Waals surface area contributed by atoms with Crippen molar-refractivity contribution >= 4 is 19.8 Å². The molecule has 3 atom stereocenters. The van der Waals surface area contributed by atoms with Crippen molar-refractivity contribution in [1.29, 1.82) is 0 Å². The van der Waals surface area contributed by atoms with Gasteiger partial charge in [0.1, 0.15) is 12.2 Å². The fraction of sp³-hybridized carbons (Fsp3) is 0.655. The number of esters is 2. The van der Waals surface area contributed by atoms with Gasteiger partial charge in [-0.05, 0) is 51.4 Å². The Morgan fingerprint density at radius 3 is 1.60 bits per heavy atom. The molecule has 40 heavy (non-hydrogen) atoms. The van der Waals surface area contributed by atoms with Crippen LogP contribution in [-0.2, 0) is 32.7 Å². The number of aliphatic hydroxyl groups excluding tert-OH is 2. The van der Waals surface area contributed by atoms with Crippen molar-refractivity contribution in [3.8, 4) is 0 Å². The minimum atomic E-state index is -4.61. The minimum Gasteiger partial charge on any atom is -0.457 e. The van der Waals surface area contributed by atoms with Crippen LogP contribution in [0.1, 0.15) is 84.5 Å². The first-order chi connectivity index (χ1) is 19.3. The summed E-state index contributed by atoms with van der Waals surface area (Å²) < 4.78 is 31.7. The molecule has 0 bridgehead atoms. The van der Waals surface area contributed by atoms with E-state index < -0.39 is 58.4 Å². The largest absolute Gasteiger partial charge is 0.472 e. The van der Waals surface area contributed by atoms with E-state index in [0.29, 0.717) is 12.8 Å². The Kier molecular flexibility index (Phi) is 24.5. The number of rotatable bonds is 25. The summed E-state index contributed by atoms with van der Waals surface area (Å²) >= 11 is 0. The van der Waals surface area contributed by atoms with Crippen LogP contribution in [0.15, 0.2) is 48.6 Å². The lowest BCUT2D eigenvalue weighted by atomic mass is 10.2. The number of carbonyl (C=O) groups excluding carboxylic acids is 2. The summed E-state index contributed by atoms with van der Waals surface area (Å²) in [4.78, 5) is 33.5. The average molecular weight is 589 g/mol. The van der Waals surface area contributed by atoms with Gasteiger partial charge in [0, 0.05) is 12.8 Å². The van der Waals surface area contributed by atoms with Crippen molar-refractivity contribution in [2.75, 3.05) is 26.4 Å². The van der Waals surface area contributed by atoms with Gasteiger partial charge in [-0.2, -0.15) is 0 Å². The molecule has 3 N–H and O–H groups in total. The molecule has 230 valence electrons. The Morgan fingerprint density at radius 2 is 1.15 bits per heavy atom. The lowest BCUT2D eigenvalue weighted by Crippen LogP contribution is -2.28. The third-order valence-corrected chi connectivity index (χ3v) is 6.26. The number of hydrogen-bond acceptors (Lipinski definition) is 9. The highest BCUT2D eigenvalue weighted by atomic mass is 31.2. The summed E-state index contributed by atoms with van der Waals surface area (Å²) in [7, 11) is -4.61. The molecule has 0 heterocycles. The smallest absolute Gasteiger partial charge is 0.457 e. The number of ether oxygens (including phenoxy) is 2. The lowest BCUT2D eigenvalue weighted by Gasteiger charge is -2.20. The average Bonchev–Trinajstić information content (AvgIpc) is 2.94. The molecule has 0 saturated heterocycles. The van der Waals surface area contributed by atoms with Crippen molar-refractivity contribution in [3.05, 3.63) is 48.6 Å². The zero-order valence-corrected chi connectivity index (χ0v) is 24.9. The van der Waals surface area contributed by atoms with E-state index in [9.17, 15) is 29.3 Å². The number of hydrogen-bond donors (Lipinski definition) is 3. The van der Waals surface area contributed by atoms with E-state index in [1.54, 1.807) is 0 Å². The molecular formula is C29H49O10P. The number of aliphatic hydroxyl groups is 2.